The molecule has 4 heterocycles. The lowest BCUT2D eigenvalue weighted by Crippen LogP contribution is -2.36. The van der Waals surface area contributed by atoms with Crippen molar-refractivity contribution in [3.05, 3.63) is 70.8 Å². The molecule has 0 atom stereocenters. The Labute approximate surface area is 220 Å². The molecule has 190 valence electrons. The molecule has 10 heteroatoms. The maximum atomic E-state index is 7.69. The van der Waals surface area contributed by atoms with E-state index in [0.717, 1.165) is 64.1 Å². The highest BCUT2D eigenvalue weighted by Crippen LogP contribution is 2.41. The van der Waals surface area contributed by atoms with Crippen LogP contribution in [0.4, 0.5) is 28.4 Å². The number of benzene rings is 2. The van der Waals surface area contributed by atoms with Gasteiger partial charge in [0.05, 0.1) is 43.4 Å². The van der Waals surface area contributed by atoms with Crippen LogP contribution in [0.1, 0.15) is 30.3 Å². The van der Waals surface area contributed by atoms with Crippen LogP contribution in [0.5, 0.6) is 5.75 Å². The number of anilines is 3. The predicted octanol–water partition coefficient (Wildman–Crippen LogP) is 5.02. The number of pyridine rings is 1. The van der Waals surface area contributed by atoms with Gasteiger partial charge in [0, 0.05) is 43.0 Å². The third kappa shape index (κ3) is 4.32. The van der Waals surface area contributed by atoms with Gasteiger partial charge in [-0.15, -0.1) is 10.2 Å². The molecule has 1 saturated heterocycles. The van der Waals surface area contributed by atoms with E-state index >= 15 is 0 Å². The molecule has 4 aromatic rings. The maximum absolute atomic E-state index is 7.69. The van der Waals surface area contributed by atoms with Gasteiger partial charge >= 0.3 is 0 Å². The number of nitrogens with zero attached hydrogens (tertiary/aromatic N) is 8. The van der Waals surface area contributed by atoms with Crippen molar-refractivity contribution in [1.29, 1.82) is 0 Å². The van der Waals surface area contributed by atoms with E-state index < -0.39 is 0 Å². The molecule has 0 radical (unpaired) electrons. The molecule has 10 nitrogen and oxygen atoms in total. The number of para-hydroxylation sites is 1. The monoisotopic (exact) mass is 505 g/mol. The van der Waals surface area contributed by atoms with E-state index in [1.807, 2.05) is 37.3 Å². The highest BCUT2D eigenvalue weighted by molar-refractivity contribution is 5.95. The fourth-order valence-corrected chi connectivity index (χ4v) is 4.93. The van der Waals surface area contributed by atoms with Crippen LogP contribution in [-0.2, 0) is 19.9 Å². The number of rotatable bonds is 7. The molecule has 2 aliphatic heterocycles. The molecule has 1 N–H and O–H groups in total. The smallest absolute Gasteiger partial charge is 0.210 e. The maximum Gasteiger partial charge on any atom is 0.210 e. The molecule has 0 bridgehead atoms. The van der Waals surface area contributed by atoms with Crippen LogP contribution in [0, 0.1) is 6.57 Å². The molecule has 0 spiro atoms. The number of methoxy groups -OCH3 is 1. The first-order valence-corrected chi connectivity index (χ1v) is 12.5. The summed E-state index contributed by atoms with van der Waals surface area (Å²) in [5.74, 6) is 1.11. The van der Waals surface area contributed by atoms with E-state index in [9.17, 15) is 0 Å². The minimum Gasteiger partial charge on any atom is -0.494 e. The molecule has 0 amide bonds. The normalized spacial score (nSPS) is 13.9. The average molecular weight is 506 g/mol. The Kier molecular flexibility index (Phi) is 5.96. The third-order valence-electron chi connectivity index (χ3n) is 6.82. The van der Waals surface area contributed by atoms with Crippen molar-refractivity contribution in [3.8, 4) is 17.1 Å². The van der Waals surface area contributed by atoms with E-state index in [2.05, 4.69) is 42.6 Å². The zero-order valence-electron chi connectivity index (χ0n) is 21.6. The standard InChI is InChI=1S/C28H27N9O/c1-17-13-23-26(30-17)24(32-21-8-5-7-20(27(21)38-4)28-33-35-36(3)34-28)16-19(31-23)14-18-9-10-25(22(15-18)29-2)37-11-6-12-37/h5,7-10,15-16H,6,11-14H2,1,3-4H3,(H,31,32). The fraction of sp³-hybridized carbons (Fsp3) is 0.286. The first kappa shape index (κ1) is 23.6. The SMILES string of the molecule is [C-]#[N+]c1cc(Cc2cc(Nc3cccc(-c4nnn(C)n4)c3OC)c3c(n2)CC(C)=N3)ccc1N1CCC1. The Morgan fingerprint density at radius 3 is 2.71 bits per heavy atom. The summed E-state index contributed by atoms with van der Waals surface area (Å²) in [7, 11) is 3.36. The second-order valence-electron chi connectivity index (χ2n) is 9.55. The summed E-state index contributed by atoms with van der Waals surface area (Å²) >= 11 is 0. The topological polar surface area (TPSA) is 97.7 Å². The Balaban J connectivity index is 1.35. The van der Waals surface area contributed by atoms with Gasteiger partial charge in [-0.05, 0) is 42.8 Å². The molecule has 38 heavy (non-hydrogen) atoms. The minimum absolute atomic E-state index is 0.486. The van der Waals surface area contributed by atoms with Gasteiger partial charge in [-0.2, -0.15) is 4.80 Å². The molecular weight excluding hydrogens is 478 g/mol. The summed E-state index contributed by atoms with van der Waals surface area (Å²) < 4.78 is 5.79. The van der Waals surface area contributed by atoms with Crippen LogP contribution in [0.2, 0.25) is 0 Å². The van der Waals surface area contributed by atoms with Crippen LogP contribution >= 0.6 is 0 Å². The van der Waals surface area contributed by atoms with Gasteiger partial charge in [-0.25, -0.2) is 4.85 Å². The molecule has 0 saturated carbocycles. The van der Waals surface area contributed by atoms with E-state index in [-0.39, 0.29) is 0 Å². The molecule has 2 aromatic carbocycles. The summed E-state index contributed by atoms with van der Waals surface area (Å²) in [6.45, 7) is 11.7. The molecule has 2 aliphatic rings. The summed E-state index contributed by atoms with van der Waals surface area (Å²) in [5, 5.41) is 16.0. The quantitative estimate of drug-likeness (QED) is 0.352. The van der Waals surface area contributed by atoms with E-state index in [4.69, 9.17) is 21.3 Å². The van der Waals surface area contributed by atoms with Crippen LogP contribution in [-0.4, -0.2) is 51.1 Å². The number of aryl methyl sites for hydroxylation is 1. The van der Waals surface area contributed by atoms with Crippen molar-refractivity contribution in [2.75, 3.05) is 30.4 Å². The van der Waals surface area contributed by atoms with E-state index in [1.165, 1.54) is 11.2 Å². The van der Waals surface area contributed by atoms with Gasteiger partial charge in [-0.1, -0.05) is 23.8 Å². The number of aliphatic imine (C=N–C) groups is 1. The van der Waals surface area contributed by atoms with E-state index in [1.54, 1.807) is 14.2 Å². The second kappa shape index (κ2) is 9.59. The van der Waals surface area contributed by atoms with Crippen molar-refractivity contribution in [1.82, 2.24) is 25.2 Å². The number of fused-ring (bicyclic) bond motifs is 1. The Bertz CT molecular complexity index is 1610. The van der Waals surface area contributed by atoms with Gasteiger partial charge in [-0.3, -0.25) is 9.98 Å². The Hall–Kier alpha value is -4.78. The zero-order valence-corrected chi connectivity index (χ0v) is 21.6. The lowest BCUT2D eigenvalue weighted by molar-refractivity contribution is 0.418. The van der Waals surface area contributed by atoms with Gasteiger partial charge in [0.1, 0.15) is 5.69 Å². The summed E-state index contributed by atoms with van der Waals surface area (Å²) in [6, 6.07) is 14.0. The summed E-state index contributed by atoms with van der Waals surface area (Å²) in [4.78, 5) is 17.2. The van der Waals surface area contributed by atoms with Crippen molar-refractivity contribution in [2.45, 2.75) is 26.2 Å². The number of ether oxygens (including phenoxy) is 1. The lowest BCUT2D eigenvalue weighted by atomic mass is 10.0. The highest BCUT2D eigenvalue weighted by atomic mass is 16.5. The predicted molar refractivity (Wildman–Crippen MR) is 147 cm³/mol. The van der Waals surface area contributed by atoms with E-state index in [0.29, 0.717) is 30.1 Å². The molecular formula is C28H27N9O. The van der Waals surface area contributed by atoms with Crippen LogP contribution in [0.25, 0.3) is 16.2 Å². The second-order valence-corrected chi connectivity index (χ2v) is 9.55. The molecule has 2 aromatic heterocycles. The molecule has 1 fully saturated rings. The lowest BCUT2D eigenvalue weighted by Gasteiger charge is -2.34. The zero-order chi connectivity index (χ0) is 26.2. The number of nitrogens with one attached hydrogen (secondary N) is 1. The fourth-order valence-electron chi connectivity index (χ4n) is 4.93. The minimum atomic E-state index is 0.486. The van der Waals surface area contributed by atoms with Crippen molar-refractivity contribution in [2.24, 2.45) is 12.0 Å². The number of aromatic nitrogens is 5. The number of tetrazole rings is 1. The first-order chi connectivity index (χ1) is 18.5. The van der Waals surface area contributed by atoms with Crippen molar-refractivity contribution in [3.63, 3.8) is 0 Å². The van der Waals surface area contributed by atoms with Crippen LogP contribution in [0.3, 0.4) is 0 Å². The van der Waals surface area contributed by atoms with Crippen LogP contribution in [0.15, 0.2) is 47.5 Å². The Morgan fingerprint density at radius 2 is 2.00 bits per heavy atom. The van der Waals surface area contributed by atoms with Gasteiger partial charge in [0.2, 0.25) is 11.5 Å². The van der Waals surface area contributed by atoms with Crippen LogP contribution < -0.4 is 15.0 Å². The first-order valence-electron chi connectivity index (χ1n) is 12.5. The Morgan fingerprint density at radius 1 is 1.13 bits per heavy atom. The average Bonchev–Trinajstić information content (AvgIpc) is 3.48. The molecule has 0 unspecified atom stereocenters. The van der Waals surface area contributed by atoms with Gasteiger partial charge in [0.25, 0.3) is 0 Å². The summed E-state index contributed by atoms with van der Waals surface area (Å²) in [6.07, 6.45) is 2.50. The van der Waals surface area contributed by atoms with Crippen molar-refractivity contribution >= 4 is 34.1 Å². The highest BCUT2D eigenvalue weighted by Gasteiger charge is 2.22. The summed E-state index contributed by atoms with van der Waals surface area (Å²) in [5.41, 5.74) is 8.85. The van der Waals surface area contributed by atoms with Crippen molar-refractivity contribution < 1.29 is 4.74 Å². The largest absolute Gasteiger partial charge is 0.494 e. The third-order valence-corrected chi connectivity index (χ3v) is 6.82. The number of hydrogen-bond donors (Lipinski definition) is 1. The van der Waals surface area contributed by atoms with Gasteiger partial charge < -0.3 is 15.0 Å². The van der Waals surface area contributed by atoms with Gasteiger partial charge in [0.15, 0.2) is 5.75 Å². The molecule has 6 rings (SSSR count). The number of hydrogen-bond acceptors (Lipinski definition) is 8. The molecule has 0 aliphatic carbocycles.